The van der Waals surface area contributed by atoms with E-state index in [1.807, 2.05) is 5.32 Å². The van der Waals surface area contributed by atoms with Gasteiger partial charge in [-0.15, -0.1) is 0 Å². The van der Waals surface area contributed by atoms with Gasteiger partial charge in [-0.25, -0.2) is 4.79 Å². The normalized spacial score (nSPS) is 11.3. The monoisotopic (exact) mass is 344 g/mol. The van der Waals surface area contributed by atoms with Crippen LogP contribution in [0.5, 0.6) is 11.5 Å². The van der Waals surface area contributed by atoms with Crippen LogP contribution >= 0.6 is 15.9 Å². The van der Waals surface area contributed by atoms with Crippen molar-refractivity contribution in [3.05, 3.63) is 22.2 Å². The third kappa shape index (κ3) is 3.95. The first-order chi connectivity index (χ1) is 9.38. The number of rotatable bonds is 5. The van der Waals surface area contributed by atoms with Crippen LogP contribution in [0.4, 0.5) is 4.79 Å². The highest BCUT2D eigenvalue weighted by molar-refractivity contribution is 9.10. The Labute approximate surface area is 123 Å². The molecule has 1 aromatic rings. The van der Waals surface area contributed by atoms with Crippen LogP contribution in [0.2, 0.25) is 0 Å². The van der Waals surface area contributed by atoms with Gasteiger partial charge in [0.05, 0.1) is 7.11 Å². The van der Waals surface area contributed by atoms with Crippen LogP contribution in [0.1, 0.15) is 17.3 Å². The lowest BCUT2D eigenvalue weighted by Crippen LogP contribution is -2.42. The molecule has 8 heteroatoms. The van der Waals surface area contributed by atoms with Crippen molar-refractivity contribution in [2.45, 2.75) is 13.0 Å². The van der Waals surface area contributed by atoms with Crippen LogP contribution in [0, 0.1) is 0 Å². The Balaban J connectivity index is 2.98. The lowest BCUT2D eigenvalue weighted by atomic mass is 10.2. The second-order valence-corrected chi connectivity index (χ2v) is 4.61. The van der Waals surface area contributed by atoms with Crippen LogP contribution in [0.25, 0.3) is 0 Å². The summed E-state index contributed by atoms with van der Waals surface area (Å²) in [7, 11) is 1.42. The highest BCUT2D eigenvalue weighted by Gasteiger charge is 2.19. The van der Waals surface area contributed by atoms with Gasteiger partial charge in [-0.1, -0.05) is 0 Å². The quantitative estimate of drug-likeness (QED) is 0.781. The van der Waals surface area contributed by atoms with E-state index in [0.29, 0.717) is 22.1 Å². The maximum absolute atomic E-state index is 11.5. The number of carbonyl (C=O) groups excluding carboxylic acids is 3. The molecule has 0 saturated carbocycles. The zero-order valence-corrected chi connectivity index (χ0v) is 12.4. The van der Waals surface area contributed by atoms with Crippen LogP contribution in [-0.2, 0) is 4.79 Å². The van der Waals surface area contributed by atoms with E-state index < -0.39 is 18.0 Å². The summed E-state index contributed by atoms with van der Waals surface area (Å²) >= 11 is 3.20. The highest BCUT2D eigenvalue weighted by atomic mass is 79.9. The molecule has 0 aliphatic carbocycles. The van der Waals surface area contributed by atoms with Crippen molar-refractivity contribution in [2.24, 2.45) is 5.73 Å². The number of methoxy groups -OCH3 is 1. The van der Waals surface area contributed by atoms with Gasteiger partial charge in [0.2, 0.25) is 0 Å². The molecule has 0 heterocycles. The first-order valence-electron chi connectivity index (χ1n) is 5.48. The smallest absolute Gasteiger partial charge is 0.318 e. The van der Waals surface area contributed by atoms with Crippen molar-refractivity contribution in [1.29, 1.82) is 0 Å². The van der Waals surface area contributed by atoms with Gasteiger partial charge in [-0.2, -0.15) is 0 Å². The minimum absolute atomic E-state index is 0.199. The van der Waals surface area contributed by atoms with Gasteiger partial charge in [-0.05, 0) is 35.0 Å². The number of imide groups is 1. The number of ether oxygens (including phenoxy) is 2. The van der Waals surface area contributed by atoms with Crippen LogP contribution in [0.3, 0.4) is 0 Å². The zero-order valence-electron chi connectivity index (χ0n) is 10.8. The standard InChI is InChI=1S/C12H13BrN2O5/c1-6(11(17)15-12(14)18)20-10-3-7(5-16)8(13)4-9(10)19-2/h3-6H,1-2H3,(H3,14,15,17,18)/t6-/m1/s1. The lowest BCUT2D eigenvalue weighted by Gasteiger charge is -2.16. The molecule has 0 saturated heterocycles. The first-order valence-corrected chi connectivity index (χ1v) is 6.28. The van der Waals surface area contributed by atoms with Gasteiger partial charge in [0, 0.05) is 10.0 Å². The largest absolute Gasteiger partial charge is 0.493 e. The number of aldehydes is 1. The maximum Gasteiger partial charge on any atom is 0.318 e. The molecule has 0 spiro atoms. The lowest BCUT2D eigenvalue weighted by molar-refractivity contribution is -0.126. The van der Waals surface area contributed by atoms with Crippen molar-refractivity contribution >= 4 is 34.2 Å². The molecule has 0 bridgehead atoms. The molecule has 3 N–H and O–H groups in total. The predicted octanol–water partition coefficient (Wildman–Crippen LogP) is 1.23. The van der Waals surface area contributed by atoms with E-state index in [-0.39, 0.29) is 5.75 Å². The van der Waals surface area contributed by atoms with E-state index in [9.17, 15) is 14.4 Å². The van der Waals surface area contributed by atoms with Gasteiger partial charge >= 0.3 is 6.03 Å². The molecule has 0 aliphatic heterocycles. The zero-order chi connectivity index (χ0) is 15.3. The number of nitrogens with two attached hydrogens (primary N) is 1. The summed E-state index contributed by atoms with van der Waals surface area (Å²) < 4.78 is 11.0. The summed E-state index contributed by atoms with van der Waals surface area (Å²) in [6.07, 6.45) is -0.359. The van der Waals surface area contributed by atoms with Gasteiger partial charge < -0.3 is 15.2 Å². The van der Waals surface area contributed by atoms with E-state index in [1.165, 1.54) is 26.2 Å². The Bertz CT molecular complexity index is 547. The minimum Gasteiger partial charge on any atom is -0.493 e. The molecular formula is C12H13BrN2O5. The number of primary amides is 1. The highest BCUT2D eigenvalue weighted by Crippen LogP contribution is 2.33. The number of benzene rings is 1. The molecule has 7 nitrogen and oxygen atoms in total. The molecule has 3 amide bonds. The van der Waals surface area contributed by atoms with Gasteiger partial charge in [0.1, 0.15) is 0 Å². The van der Waals surface area contributed by atoms with Gasteiger partial charge in [0.25, 0.3) is 5.91 Å². The Morgan fingerprint density at radius 3 is 2.55 bits per heavy atom. The Hall–Kier alpha value is -2.09. The van der Waals surface area contributed by atoms with Crippen molar-refractivity contribution in [3.63, 3.8) is 0 Å². The number of urea groups is 1. The number of hydrogen-bond acceptors (Lipinski definition) is 5. The molecule has 1 atom stereocenters. The Kier molecular flexibility index (Phi) is 5.51. The molecule has 0 unspecified atom stereocenters. The summed E-state index contributed by atoms with van der Waals surface area (Å²) in [6, 6.07) is 1.99. The van der Waals surface area contributed by atoms with Crippen LogP contribution in [0.15, 0.2) is 16.6 Å². The molecule has 0 fully saturated rings. The number of halogens is 1. The average Bonchev–Trinajstić information content (AvgIpc) is 2.39. The van der Waals surface area contributed by atoms with E-state index in [0.717, 1.165) is 0 Å². The van der Waals surface area contributed by atoms with Crippen LogP contribution in [-0.4, -0.2) is 31.4 Å². The molecule has 108 valence electrons. The summed E-state index contributed by atoms with van der Waals surface area (Å²) in [5.41, 5.74) is 5.18. The first kappa shape index (κ1) is 16.0. The topological polar surface area (TPSA) is 108 Å². The fourth-order valence-electron chi connectivity index (χ4n) is 1.36. The molecule has 1 rings (SSSR count). The summed E-state index contributed by atoms with van der Waals surface area (Å²) in [6.45, 7) is 1.43. The second kappa shape index (κ2) is 6.90. The summed E-state index contributed by atoms with van der Waals surface area (Å²) in [4.78, 5) is 33.0. The molecule has 0 aromatic heterocycles. The summed E-state index contributed by atoms with van der Waals surface area (Å²) in [5, 5.41) is 1.90. The van der Waals surface area contributed by atoms with Gasteiger partial charge in [-0.3, -0.25) is 14.9 Å². The molecular weight excluding hydrogens is 332 g/mol. The summed E-state index contributed by atoms with van der Waals surface area (Å²) in [5.74, 6) is -0.166. The van der Waals surface area contributed by atoms with E-state index >= 15 is 0 Å². The van der Waals surface area contributed by atoms with E-state index in [1.54, 1.807) is 0 Å². The maximum atomic E-state index is 11.5. The van der Waals surface area contributed by atoms with Gasteiger partial charge in [0.15, 0.2) is 23.9 Å². The Morgan fingerprint density at radius 1 is 1.40 bits per heavy atom. The fourth-order valence-corrected chi connectivity index (χ4v) is 1.78. The van der Waals surface area contributed by atoms with Crippen molar-refractivity contribution in [3.8, 4) is 11.5 Å². The number of amides is 3. The molecule has 0 radical (unpaired) electrons. The minimum atomic E-state index is -0.989. The third-order valence-corrected chi connectivity index (χ3v) is 3.02. The number of carbonyl (C=O) groups is 3. The molecule has 1 aromatic carbocycles. The fraction of sp³-hybridized carbons (Fsp3) is 0.250. The van der Waals surface area contributed by atoms with Crippen LogP contribution < -0.4 is 20.5 Å². The third-order valence-electron chi connectivity index (χ3n) is 2.33. The number of hydrogen-bond donors (Lipinski definition) is 2. The van der Waals surface area contributed by atoms with Crippen molar-refractivity contribution in [1.82, 2.24) is 5.32 Å². The Morgan fingerprint density at radius 2 is 2.05 bits per heavy atom. The van der Waals surface area contributed by atoms with Crippen molar-refractivity contribution < 1.29 is 23.9 Å². The predicted molar refractivity (Wildman–Crippen MR) is 73.9 cm³/mol. The van der Waals surface area contributed by atoms with Crippen molar-refractivity contribution in [2.75, 3.05) is 7.11 Å². The second-order valence-electron chi connectivity index (χ2n) is 3.76. The number of nitrogens with one attached hydrogen (secondary N) is 1. The SMILES string of the molecule is COc1cc(Br)c(C=O)cc1O[C@H](C)C(=O)NC(N)=O. The average molecular weight is 345 g/mol. The molecule has 0 aliphatic rings. The van der Waals surface area contributed by atoms with E-state index in [4.69, 9.17) is 15.2 Å². The molecule has 20 heavy (non-hydrogen) atoms. The van der Waals surface area contributed by atoms with E-state index in [2.05, 4.69) is 15.9 Å².